The lowest BCUT2D eigenvalue weighted by molar-refractivity contribution is -0.677. The standard InChI is InChI=1S/C29H28ClN3O7S3/c1-3-19(16-28-33(18-26(34)31-42(2,35)36)23-17-21(30)10-12-25(23)41-28)15-27-32(13-6-14-43(37,38)39)29-22-8-5-4-7-20(22)9-11-24(29)40-27/h4-5,7-12,15-17H,3,6,13-14,18H2,1-2H3,(H-,31,34,37,38,39). The lowest BCUT2D eigenvalue weighted by atomic mass is 10.1. The molecule has 3 aromatic carbocycles. The monoisotopic (exact) mass is 661 g/mol. The van der Waals surface area contributed by atoms with E-state index in [2.05, 4.69) is 0 Å². The number of aryl methyl sites for hydroxylation is 1. The van der Waals surface area contributed by atoms with Gasteiger partial charge in [0, 0.05) is 22.1 Å². The van der Waals surface area contributed by atoms with Gasteiger partial charge in [-0.15, -0.1) is 0 Å². The summed E-state index contributed by atoms with van der Waals surface area (Å²) in [7, 11) is -8.14. The van der Waals surface area contributed by atoms with Crippen molar-refractivity contribution in [1.82, 2.24) is 4.72 Å². The van der Waals surface area contributed by atoms with Crippen LogP contribution in [-0.2, 0) is 31.5 Å². The molecule has 1 N–H and O–H groups in total. The molecule has 0 bridgehead atoms. The number of carbonyl (C=O) groups is 1. The third-order valence-electron chi connectivity index (χ3n) is 6.71. The van der Waals surface area contributed by atoms with Crippen LogP contribution in [0.25, 0.3) is 27.9 Å². The fraction of sp³-hybridized carbons (Fsp3) is 0.241. The molecule has 14 heteroatoms. The van der Waals surface area contributed by atoms with E-state index in [9.17, 15) is 26.2 Å². The van der Waals surface area contributed by atoms with Crippen LogP contribution in [-0.4, -0.2) is 45.8 Å². The highest BCUT2D eigenvalue weighted by atomic mass is 35.5. The SMILES string of the molecule is CCC(=C/c1oc2ccc3ccccc3c2[n+]1CCCS(=O)(=O)[O-])/C=C1/Sc2ccc(Cl)cc2N1CC(=O)NS(C)(=O)=O. The highest BCUT2D eigenvalue weighted by Gasteiger charge is 2.29. The highest BCUT2D eigenvalue weighted by Crippen LogP contribution is 2.47. The van der Waals surface area contributed by atoms with Crippen molar-refractivity contribution in [1.29, 1.82) is 0 Å². The normalized spacial score (nSPS) is 15.0. The zero-order chi connectivity index (χ0) is 30.9. The molecule has 2 heterocycles. The van der Waals surface area contributed by atoms with Gasteiger partial charge in [0.1, 0.15) is 6.54 Å². The zero-order valence-electron chi connectivity index (χ0n) is 23.2. The van der Waals surface area contributed by atoms with Gasteiger partial charge in [-0.1, -0.05) is 54.6 Å². The molecule has 0 spiro atoms. The van der Waals surface area contributed by atoms with Crippen molar-refractivity contribution in [2.45, 2.75) is 31.2 Å². The van der Waals surface area contributed by atoms with Gasteiger partial charge in [0.15, 0.2) is 6.54 Å². The number of benzene rings is 3. The van der Waals surface area contributed by atoms with Gasteiger partial charge in [0.2, 0.25) is 15.6 Å². The molecular formula is C29H28ClN3O7S3. The minimum Gasteiger partial charge on any atom is -0.748 e. The number of aromatic nitrogens is 1. The van der Waals surface area contributed by atoms with E-state index >= 15 is 0 Å². The summed E-state index contributed by atoms with van der Waals surface area (Å²) in [5.74, 6) is -0.736. The number of rotatable bonds is 10. The molecule has 10 nitrogen and oxygen atoms in total. The number of carbonyl (C=O) groups excluding carboxylic acids is 1. The van der Waals surface area contributed by atoms with E-state index in [1.165, 1.54) is 11.8 Å². The van der Waals surface area contributed by atoms with E-state index in [1.807, 2.05) is 70.8 Å². The van der Waals surface area contributed by atoms with Gasteiger partial charge in [0.25, 0.3) is 11.4 Å². The molecule has 0 aliphatic carbocycles. The van der Waals surface area contributed by atoms with Gasteiger partial charge in [0.05, 0.1) is 38.6 Å². The number of fused-ring (bicyclic) bond motifs is 4. The van der Waals surface area contributed by atoms with Crippen LogP contribution in [0.4, 0.5) is 5.69 Å². The lowest BCUT2D eigenvalue weighted by Crippen LogP contribution is -2.38. The van der Waals surface area contributed by atoms with Crippen molar-refractivity contribution >= 4 is 83.0 Å². The van der Waals surface area contributed by atoms with E-state index in [1.54, 1.807) is 17.0 Å². The number of anilines is 1. The van der Waals surface area contributed by atoms with Crippen LogP contribution in [0.3, 0.4) is 0 Å². The molecule has 1 aliphatic heterocycles. The summed E-state index contributed by atoms with van der Waals surface area (Å²) < 4.78 is 67.6. The first kappa shape index (κ1) is 31.1. The molecule has 226 valence electrons. The second kappa shape index (κ2) is 12.3. The number of nitrogens with zero attached hydrogens (tertiary/aromatic N) is 2. The number of thioether (sulfide) groups is 1. The van der Waals surface area contributed by atoms with E-state index in [-0.39, 0.29) is 19.5 Å². The second-order valence-electron chi connectivity index (χ2n) is 9.99. The summed E-state index contributed by atoms with van der Waals surface area (Å²) in [5.41, 5.74) is 2.89. The Kier molecular flexibility index (Phi) is 8.91. The molecule has 0 saturated heterocycles. The molecule has 1 aromatic heterocycles. The van der Waals surface area contributed by atoms with Gasteiger partial charge < -0.3 is 13.9 Å². The molecule has 43 heavy (non-hydrogen) atoms. The third kappa shape index (κ3) is 7.42. The zero-order valence-corrected chi connectivity index (χ0v) is 26.4. The van der Waals surface area contributed by atoms with Crippen LogP contribution in [0, 0.1) is 0 Å². The molecule has 0 radical (unpaired) electrons. The molecular weight excluding hydrogens is 634 g/mol. The predicted octanol–water partition coefficient (Wildman–Crippen LogP) is 4.79. The van der Waals surface area contributed by atoms with Crippen molar-refractivity contribution < 1.29 is 35.2 Å². The van der Waals surface area contributed by atoms with Crippen LogP contribution in [0.5, 0.6) is 0 Å². The van der Waals surface area contributed by atoms with Gasteiger partial charge >= 0.3 is 5.89 Å². The minimum absolute atomic E-state index is 0.104. The van der Waals surface area contributed by atoms with Crippen molar-refractivity contribution in [3.63, 3.8) is 0 Å². The molecule has 1 amide bonds. The first-order chi connectivity index (χ1) is 20.3. The molecule has 1 aliphatic rings. The van der Waals surface area contributed by atoms with Crippen LogP contribution < -0.4 is 14.2 Å². The maximum atomic E-state index is 12.6. The average molecular weight is 662 g/mol. The summed E-state index contributed by atoms with van der Waals surface area (Å²) >= 11 is 7.67. The average Bonchev–Trinajstić information content (AvgIpc) is 3.43. The Bertz CT molecular complexity index is 2020. The molecule has 0 atom stereocenters. The molecule has 0 saturated carbocycles. The number of oxazole rings is 1. The van der Waals surface area contributed by atoms with Crippen LogP contribution in [0.2, 0.25) is 5.02 Å². The smallest absolute Gasteiger partial charge is 0.374 e. The summed E-state index contributed by atoms with van der Waals surface area (Å²) in [4.78, 5) is 15.2. The minimum atomic E-state index is -4.39. The van der Waals surface area contributed by atoms with Gasteiger partial charge in [-0.05, 0) is 53.8 Å². The second-order valence-corrected chi connectivity index (χ2v) is 14.8. The summed E-state index contributed by atoms with van der Waals surface area (Å²) in [6, 6.07) is 16.9. The predicted molar refractivity (Wildman–Crippen MR) is 167 cm³/mol. The fourth-order valence-corrected chi connectivity index (χ4v) is 7.14. The summed E-state index contributed by atoms with van der Waals surface area (Å²) in [6.45, 7) is 1.94. The van der Waals surface area contributed by atoms with E-state index < -0.39 is 31.8 Å². The van der Waals surface area contributed by atoms with Crippen LogP contribution in [0.15, 0.2) is 80.6 Å². The van der Waals surface area contributed by atoms with Gasteiger partial charge in [-0.2, -0.15) is 4.57 Å². The van der Waals surface area contributed by atoms with E-state index in [4.69, 9.17) is 16.0 Å². The Morgan fingerprint density at radius 2 is 1.91 bits per heavy atom. The van der Waals surface area contributed by atoms with Crippen molar-refractivity contribution in [2.75, 3.05) is 23.5 Å². The lowest BCUT2D eigenvalue weighted by Gasteiger charge is -2.20. The van der Waals surface area contributed by atoms with Gasteiger partial charge in [-0.3, -0.25) is 9.52 Å². The molecule has 5 rings (SSSR count). The maximum Gasteiger partial charge on any atom is 0.374 e. The first-order valence-electron chi connectivity index (χ1n) is 13.3. The van der Waals surface area contributed by atoms with E-state index in [0.29, 0.717) is 33.6 Å². The summed E-state index contributed by atoms with van der Waals surface area (Å²) in [5, 5.41) is 3.05. The quantitative estimate of drug-likeness (QED) is 0.188. The number of nitrogens with one attached hydrogen (secondary N) is 1. The Morgan fingerprint density at radius 1 is 1.14 bits per heavy atom. The largest absolute Gasteiger partial charge is 0.748 e. The summed E-state index contributed by atoms with van der Waals surface area (Å²) in [6.07, 6.45) is 5.33. The Hall–Kier alpha value is -3.36. The number of hydrogen-bond donors (Lipinski definition) is 1. The van der Waals surface area contributed by atoms with Crippen molar-refractivity contribution in [3.8, 4) is 0 Å². The molecule has 4 aromatic rings. The number of amides is 1. The van der Waals surface area contributed by atoms with E-state index in [0.717, 1.165) is 33.0 Å². The Labute approximate surface area is 258 Å². The number of allylic oxidation sites excluding steroid dienone is 2. The number of halogens is 1. The highest BCUT2D eigenvalue weighted by molar-refractivity contribution is 8.03. The van der Waals surface area contributed by atoms with Crippen LogP contribution >= 0.6 is 23.4 Å². The van der Waals surface area contributed by atoms with Crippen molar-refractivity contribution in [3.05, 3.63) is 82.2 Å². The third-order valence-corrected chi connectivity index (χ3v) is 9.44. The maximum absolute atomic E-state index is 12.6. The molecule has 0 fully saturated rings. The van der Waals surface area contributed by atoms with Crippen LogP contribution in [0.1, 0.15) is 25.7 Å². The Balaban J connectivity index is 1.58. The topological polar surface area (TPSA) is 141 Å². The van der Waals surface area contributed by atoms with Gasteiger partial charge in [-0.25, -0.2) is 16.8 Å². The number of hydrogen-bond acceptors (Lipinski definition) is 9. The molecule has 0 unspecified atom stereocenters. The van der Waals surface area contributed by atoms with Crippen molar-refractivity contribution in [2.24, 2.45) is 0 Å². The fourth-order valence-electron chi connectivity index (χ4n) is 4.89. The first-order valence-corrected chi connectivity index (χ1v) is 17.9. The number of sulfonamides is 1. The Morgan fingerprint density at radius 3 is 2.63 bits per heavy atom.